The van der Waals surface area contributed by atoms with Gasteiger partial charge in [-0.3, -0.25) is 0 Å². The molecule has 2 aromatic rings. The van der Waals surface area contributed by atoms with E-state index in [1.165, 1.54) is 31.2 Å². The predicted molar refractivity (Wildman–Crippen MR) is 137 cm³/mol. The van der Waals surface area contributed by atoms with E-state index in [9.17, 15) is 15.3 Å². The Labute approximate surface area is 204 Å². The van der Waals surface area contributed by atoms with Crippen molar-refractivity contribution in [3.63, 3.8) is 0 Å². The number of aromatic hydroxyl groups is 3. The van der Waals surface area contributed by atoms with E-state index in [0.29, 0.717) is 11.8 Å². The fraction of sp³-hybridized carbons (Fsp3) is 0.571. The van der Waals surface area contributed by atoms with Gasteiger partial charge >= 0.3 is 0 Å². The molecule has 6 heteroatoms. The van der Waals surface area contributed by atoms with Crippen LogP contribution in [-0.2, 0) is 19.3 Å². The van der Waals surface area contributed by atoms with Crippen LogP contribution in [0.15, 0.2) is 30.3 Å². The molecular weight excluding hydrogens is 428 g/mol. The second kappa shape index (κ2) is 13.4. The zero-order valence-electron chi connectivity index (χ0n) is 20.9. The molecule has 0 aromatic heterocycles. The minimum Gasteiger partial charge on any atom is -0.504 e. The molecule has 4 N–H and O–H groups in total. The van der Waals surface area contributed by atoms with Crippen molar-refractivity contribution < 1.29 is 20.1 Å². The van der Waals surface area contributed by atoms with Crippen molar-refractivity contribution in [2.24, 2.45) is 0 Å². The smallest absolute Gasteiger partial charge is 0.160 e. The Bertz CT molecular complexity index is 902. The Hall–Kier alpha value is -2.44. The second-order valence-corrected chi connectivity index (χ2v) is 9.42. The molecule has 1 aliphatic rings. The van der Waals surface area contributed by atoms with E-state index in [1.54, 1.807) is 19.2 Å². The molecule has 0 aliphatic heterocycles. The van der Waals surface area contributed by atoms with Crippen LogP contribution in [0, 0.1) is 0 Å². The third kappa shape index (κ3) is 7.28. The maximum Gasteiger partial charge on any atom is 0.160 e. The standard InChI is InChI=1S/C28H42N2O4/c1-3-17-30(23-10-11-24-22(20-23)9-12-25(31)28(24)33)18-7-5-4-6-15-29-16-14-21-8-13-27(34-2)26(32)19-21/h8-9,12-13,19,23,29,31-33H,3-7,10-11,14-18,20H2,1-2H3/t23-/m0/s1. The molecule has 1 aliphatic carbocycles. The van der Waals surface area contributed by atoms with Gasteiger partial charge in [-0.25, -0.2) is 0 Å². The molecule has 34 heavy (non-hydrogen) atoms. The molecule has 0 spiro atoms. The van der Waals surface area contributed by atoms with Crippen molar-refractivity contribution >= 4 is 0 Å². The van der Waals surface area contributed by atoms with Gasteiger partial charge in [0.05, 0.1) is 7.11 Å². The van der Waals surface area contributed by atoms with E-state index in [-0.39, 0.29) is 17.2 Å². The monoisotopic (exact) mass is 470 g/mol. The number of fused-ring (bicyclic) bond motifs is 1. The molecule has 0 heterocycles. The zero-order chi connectivity index (χ0) is 24.3. The molecule has 0 radical (unpaired) electrons. The van der Waals surface area contributed by atoms with E-state index >= 15 is 0 Å². The fourth-order valence-corrected chi connectivity index (χ4v) is 5.05. The minimum absolute atomic E-state index is 0.00265. The van der Waals surface area contributed by atoms with Crippen LogP contribution in [0.5, 0.6) is 23.0 Å². The van der Waals surface area contributed by atoms with E-state index < -0.39 is 0 Å². The number of hydrogen-bond acceptors (Lipinski definition) is 6. The number of hydrogen-bond donors (Lipinski definition) is 4. The summed E-state index contributed by atoms with van der Waals surface area (Å²) >= 11 is 0. The lowest BCUT2D eigenvalue weighted by Crippen LogP contribution is -2.40. The molecule has 0 fully saturated rings. The summed E-state index contributed by atoms with van der Waals surface area (Å²) in [5, 5.41) is 33.3. The number of rotatable bonds is 14. The SMILES string of the molecule is CCCN(CCCCCCNCCc1ccc(OC)c(O)c1)[C@H]1CCc2c(ccc(O)c2O)C1. The molecule has 6 nitrogen and oxygen atoms in total. The first kappa shape index (κ1) is 26.2. The lowest BCUT2D eigenvalue weighted by molar-refractivity contribution is 0.175. The molecule has 3 rings (SSSR count). The molecule has 188 valence electrons. The normalized spacial score (nSPS) is 15.4. The van der Waals surface area contributed by atoms with Crippen LogP contribution in [0.3, 0.4) is 0 Å². The number of unbranched alkanes of at least 4 members (excludes halogenated alkanes) is 3. The van der Waals surface area contributed by atoms with Crippen molar-refractivity contribution in [3.8, 4) is 23.0 Å². The van der Waals surface area contributed by atoms with Gasteiger partial charge < -0.3 is 30.3 Å². The molecule has 0 bridgehead atoms. The first-order chi connectivity index (χ1) is 16.5. The first-order valence-electron chi connectivity index (χ1n) is 12.9. The number of ether oxygens (including phenoxy) is 1. The van der Waals surface area contributed by atoms with Crippen molar-refractivity contribution in [1.82, 2.24) is 10.2 Å². The van der Waals surface area contributed by atoms with Gasteiger partial charge in [-0.2, -0.15) is 0 Å². The number of nitrogens with one attached hydrogen (secondary N) is 1. The minimum atomic E-state index is -0.00265. The van der Waals surface area contributed by atoms with E-state index in [1.807, 2.05) is 18.2 Å². The molecule has 0 saturated heterocycles. The highest BCUT2D eigenvalue weighted by atomic mass is 16.5. The highest BCUT2D eigenvalue weighted by Gasteiger charge is 2.26. The van der Waals surface area contributed by atoms with Gasteiger partial charge in [0.2, 0.25) is 0 Å². The van der Waals surface area contributed by atoms with Crippen LogP contribution in [0.25, 0.3) is 0 Å². The Morgan fingerprint density at radius 1 is 0.971 bits per heavy atom. The van der Waals surface area contributed by atoms with Crippen molar-refractivity contribution in [3.05, 3.63) is 47.0 Å². The number of nitrogens with zero attached hydrogens (tertiary/aromatic N) is 1. The third-order valence-corrected chi connectivity index (χ3v) is 6.95. The van der Waals surface area contributed by atoms with Crippen LogP contribution in [-0.4, -0.2) is 59.6 Å². The molecule has 1 atom stereocenters. The predicted octanol–water partition coefficient (Wildman–Crippen LogP) is 4.77. The van der Waals surface area contributed by atoms with Gasteiger partial charge in [0, 0.05) is 11.6 Å². The molecule has 0 unspecified atom stereocenters. The summed E-state index contributed by atoms with van der Waals surface area (Å²) in [5.74, 6) is 0.792. The van der Waals surface area contributed by atoms with Gasteiger partial charge in [-0.15, -0.1) is 0 Å². The summed E-state index contributed by atoms with van der Waals surface area (Å²) in [6, 6.07) is 9.71. The number of methoxy groups -OCH3 is 1. The lowest BCUT2D eigenvalue weighted by atomic mass is 9.86. The molecular formula is C28H42N2O4. The average Bonchev–Trinajstić information content (AvgIpc) is 2.84. The highest BCUT2D eigenvalue weighted by Crippen LogP contribution is 2.36. The maximum atomic E-state index is 10.2. The van der Waals surface area contributed by atoms with Crippen LogP contribution < -0.4 is 10.1 Å². The number of phenolic OH excluding ortho intramolecular Hbond substituents is 3. The molecule has 2 aromatic carbocycles. The third-order valence-electron chi connectivity index (χ3n) is 6.95. The molecule has 0 saturated carbocycles. The van der Waals surface area contributed by atoms with Gasteiger partial charge in [-0.1, -0.05) is 31.9 Å². The van der Waals surface area contributed by atoms with E-state index in [0.717, 1.165) is 69.4 Å². The summed E-state index contributed by atoms with van der Waals surface area (Å²) in [6.07, 6.45) is 9.76. The summed E-state index contributed by atoms with van der Waals surface area (Å²) in [6.45, 7) is 6.43. The molecule has 0 amide bonds. The van der Waals surface area contributed by atoms with E-state index in [2.05, 4.69) is 17.1 Å². The highest BCUT2D eigenvalue weighted by molar-refractivity contribution is 5.50. The summed E-state index contributed by atoms with van der Waals surface area (Å²) in [5.41, 5.74) is 3.23. The van der Waals surface area contributed by atoms with Gasteiger partial charge in [0.1, 0.15) is 0 Å². The summed E-state index contributed by atoms with van der Waals surface area (Å²) < 4.78 is 5.09. The quantitative estimate of drug-likeness (QED) is 0.235. The largest absolute Gasteiger partial charge is 0.504 e. The Balaban J connectivity index is 1.30. The van der Waals surface area contributed by atoms with Crippen molar-refractivity contribution in [2.45, 2.75) is 70.8 Å². The zero-order valence-corrected chi connectivity index (χ0v) is 20.9. The van der Waals surface area contributed by atoms with Crippen LogP contribution in [0.2, 0.25) is 0 Å². The van der Waals surface area contributed by atoms with E-state index in [4.69, 9.17) is 4.74 Å². The lowest BCUT2D eigenvalue weighted by Gasteiger charge is -2.35. The number of benzene rings is 2. The van der Waals surface area contributed by atoms with Crippen molar-refractivity contribution in [1.29, 1.82) is 0 Å². The van der Waals surface area contributed by atoms with Crippen molar-refractivity contribution in [2.75, 3.05) is 33.3 Å². The van der Waals surface area contributed by atoms with Crippen LogP contribution in [0.4, 0.5) is 0 Å². The van der Waals surface area contributed by atoms with Crippen LogP contribution >= 0.6 is 0 Å². The average molecular weight is 471 g/mol. The van der Waals surface area contributed by atoms with Crippen LogP contribution in [0.1, 0.15) is 62.1 Å². The maximum absolute atomic E-state index is 10.2. The topological polar surface area (TPSA) is 85.2 Å². The van der Waals surface area contributed by atoms with Gasteiger partial charge in [-0.05, 0) is 100 Å². The second-order valence-electron chi connectivity index (χ2n) is 9.42. The summed E-state index contributed by atoms with van der Waals surface area (Å²) in [4.78, 5) is 2.63. The first-order valence-corrected chi connectivity index (χ1v) is 12.9. The summed E-state index contributed by atoms with van der Waals surface area (Å²) in [7, 11) is 1.56. The Kier molecular flexibility index (Phi) is 10.4. The van der Waals surface area contributed by atoms with Gasteiger partial charge in [0.15, 0.2) is 23.0 Å². The number of phenols is 3. The fourth-order valence-electron chi connectivity index (χ4n) is 5.05. The Morgan fingerprint density at radius 2 is 1.79 bits per heavy atom. The van der Waals surface area contributed by atoms with Gasteiger partial charge in [0.25, 0.3) is 0 Å². The Morgan fingerprint density at radius 3 is 2.56 bits per heavy atom.